The number of hydrogen-bond acceptors (Lipinski definition) is 3. The third-order valence-corrected chi connectivity index (χ3v) is 4.29. The second kappa shape index (κ2) is 9.38. The van der Waals surface area contributed by atoms with Gasteiger partial charge in [-0.25, -0.2) is 4.79 Å². The van der Waals surface area contributed by atoms with E-state index in [0.717, 1.165) is 5.56 Å². The van der Waals surface area contributed by atoms with Gasteiger partial charge in [0.15, 0.2) is 0 Å². The topological polar surface area (TPSA) is 90.2 Å². The van der Waals surface area contributed by atoms with E-state index in [1.807, 2.05) is 30.3 Å². The molecule has 0 bridgehead atoms. The first kappa shape index (κ1) is 19.2. The molecule has 0 aliphatic heterocycles. The second-order valence-corrected chi connectivity index (χ2v) is 6.24. The van der Waals surface area contributed by atoms with Gasteiger partial charge in [-0.1, -0.05) is 48.5 Å². The molecule has 2 N–H and O–H groups in total. The Kier molecular flexibility index (Phi) is 6.92. The Labute approximate surface area is 153 Å². The molecule has 0 saturated carbocycles. The van der Waals surface area contributed by atoms with Gasteiger partial charge >= 0.3 is 5.97 Å². The Morgan fingerprint density at radius 2 is 1.62 bits per heavy atom. The monoisotopic (exact) mass is 350 g/mol. The molecule has 0 aliphatic rings. The molecule has 2 aromatic carbocycles. The number of nitrogens with zero attached hydrogens (tertiary/aromatic N) is 1. The normalized spacial score (nSPS) is 12.6. The summed E-state index contributed by atoms with van der Waals surface area (Å²) < 4.78 is 0. The largest absolute Gasteiger partial charge is 0.479 e. The summed E-state index contributed by atoms with van der Waals surface area (Å²) in [4.78, 5) is 24.8. The molecule has 0 saturated heterocycles. The molecule has 1 unspecified atom stereocenters. The fraction of sp³-hybridized carbons (Fsp3) is 0.286. The van der Waals surface area contributed by atoms with Crippen LogP contribution in [0.5, 0.6) is 0 Å². The Morgan fingerprint density at radius 1 is 1.00 bits per heavy atom. The highest BCUT2D eigenvalue weighted by atomic mass is 16.4. The standard InChI is InChI=1S/C21H22N2O3/c22-15-9-3-8-14-21(20(25)26,16-17-10-4-1-5-11-17)23-19(24)18-12-6-2-7-13-18/h1-2,4-7,10-13H,3,8-9,14,16H2,(H,23,24)(H,25,26). The molecule has 2 rings (SSSR count). The molecule has 0 radical (unpaired) electrons. The maximum Gasteiger partial charge on any atom is 0.329 e. The van der Waals surface area contributed by atoms with Crippen LogP contribution in [0.2, 0.25) is 0 Å². The molecule has 0 heterocycles. The third kappa shape index (κ3) is 5.18. The van der Waals surface area contributed by atoms with E-state index in [2.05, 4.69) is 11.4 Å². The number of hydrogen-bond donors (Lipinski definition) is 2. The van der Waals surface area contributed by atoms with Crippen molar-refractivity contribution in [1.82, 2.24) is 5.32 Å². The lowest BCUT2D eigenvalue weighted by molar-refractivity contribution is -0.144. The van der Waals surface area contributed by atoms with Crippen LogP contribution in [0.4, 0.5) is 0 Å². The van der Waals surface area contributed by atoms with Crippen molar-refractivity contribution in [3.8, 4) is 6.07 Å². The van der Waals surface area contributed by atoms with E-state index in [4.69, 9.17) is 5.26 Å². The smallest absolute Gasteiger partial charge is 0.329 e. The molecule has 1 atom stereocenters. The fourth-order valence-electron chi connectivity index (χ4n) is 2.89. The highest BCUT2D eigenvalue weighted by Gasteiger charge is 2.39. The predicted molar refractivity (Wildman–Crippen MR) is 98.5 cm³/mol. The summed E-state index contributed by atoms with van der Waals surface area (Å²) in [6.45, 7) is 0. The Morgan fingerprint density at radius 3 is 2.19 bits per heavy atom. The van der Waals surface area contributed by atoms with Crippen molar-refractivity contribution in [3.05, 3.63) is 71.8 Å². The van der Waals surface area contributed by atoms with Crippen LogP contribution in [0, 0.1) is 11.3 Å². The van der Waals surface area contributed by atoms with E-state index < -0.39 is 17.4 Å². The maximum absolute atomic E-state index is 12.6. The summed E-state index contributed by atoms with van der Waals surface area (Å²) in [6, 6.07) is 19.9. The van der Waals surface area contributed by atoms with E-state index in [1.54, 1.807) is 30.3 Å². The molecule has 0 aromatic heterocycles. The van der Waals surface area contributed by atoms with Gasteiger partial charge in [0.05, 0.1) is 6.07 Å². The summed E-state index contributed by atoms with van der Waals surface area (Å²) in [6.07, 6.45) is 1.96. The summed E-state index contributed by atoms with van der Waals surface area (Å²) in [5, 5.41) is 21.4. The Bertz CT molecular complexity index is 769. The molecule has 0 fully saturated rings. The van der Waals surface area contributed by atoms with E-state index in [-0.39, 0.29) is 12.8 Å². The van der Waals surface area contributed by atoms with Crippen LogP contribution < -0.4 is 5.32 Å². The van der Waals surface area contributed by atoms with Crippen molar-refractivity contribution in [2.24, 2.45) is 0 Å². The van der Waals surface area contributed by atoms with Crippen LogP contribution in [0.15, 0.2) is 60.7 Å². The molecular formula is C21H22N2O3. The van der Waals surface area contributed by atoms with Crippen LogP contribution in [-0.2, 0) is 11.2 Å². The van der Waals surface area contributed by atoms with Crippen LogP contribution in [0.1, 0.15) is 41.6 Å². The van der Waals surface area contributed by atoms with E-state index in [9.17, 15) is 14.7 Å². The van der Waals surface area contributed by atoms with Crippen LogP contribution >= 0.6 is 0 Å². The minimum absolute atomic E-state index is 0.189. The maximum atomic E-state index is 12.6. The first-order valence-electron chi connectivity index (χ1n) is 8.59. The molecule has 1 amide bonds. The molecule has 5 heteroatoms. The van der Waals surface area contributed by atoms with Crippen molar-refractivity contribution in [1.29, 1.82) is 5.26 Å². The number of carbonyl (C=O) groups is 2. The number of benzene rings is 2. The number of aliphatic carboxylic acids is 1. The fourth-order valence-corrected chi connectivity index (χ4v) is 2.89. The van der Waals surface area contributed by atoms with Gasteiger partial charge < -0.3 is 10.4 Å². The van der Waals surface area contributed by atoms with Crippen molar-refractivity contribution >= 4 is 11.9 Å². The SMILES string of the molecule is N#CCCCCC(Cc1ccccc1)(NC(=O)c1ccccc1)C(=O)O. The minimum Gasteiger partial charge on any atom is -0.479 e. The molecule has 2 aromatic rings. The predicted octanol–water partition coefficient (Wildman–Crippen LogP) is 3.57. The average Bonchev–Trinajstić information content (AvgIpc) is 2.66. The zero-order valence-corrected chi connectivity index (χ0v) is 14.5. The van der Waals surface area contributed by atoms with Gasteiger partial charge in [0.2, 0.25) is 0 Å². The lowest BCUT2D eigenvalue weighted by atomic mass is 9.85. The highest BCUT2D eigenvalue weighted by molar-refractivity contribution is 5.97. The molecule has 26 heavy (non-hydrogen) atoms. The lowest BCUT2D eigenvalue weighted by Gasteiger charge is -2.31. The number of carbonyl (C=O) groups excluding carboxylic acids is 1. The zero-order chi connectivity index (χ0) is 18.8. The quantitative estimate of drug-likeness (QED) is 0.677. The Balaban J connectivity index is 2.26. The zero-order valence-electron chi connectivity index (χ0n) is 14.5. The highest BCUT2D eigenvalue weighted by Crippen LogP contribution is 2.22. The van der Waals surface area contributed by atoms with Gasteiger partial charge in [0.1, 0.15) is 5.54 Å². The van der Waals surface area contributed by atoms with Crippen LogP contribution in [0.3, 0.4) is 0 Å². The molecule has 0 aliphatic carbocycles. The summed E-state index contributed by atoms with van der Waals surface area (Å²) in [5.74, 6) is -1.48. The number of carboxylic acid groups (broad SMARTS) is 1. The molecule has 5 nitrogen and oxygen atoms in total. The van der Waals surface area contributed by atoms with Crippen molar-refractivity contribution in [3.63, 3.8) is 0 Å². The number of carboxylic acids is 1. The number of nitrogens with one attached hydrogen (secondary N) is 1. The summed E-state index contributed by atoms with van der Waals surface area (Å²) in [7, 11) is 0. The average molecular weight is 350 g/mol. The van der Waals surface area contributed by atoms with Gasteiger partial charge in [-0.15, -0.1) is 0 Å². The molecule has 134 valence electrons. The van der Waals surface area contributed by atoms with Gasteiger partial charge in [-0.3, -0.25) is 4.79 Å². The van der Waals surface area contributed by atoms with Gasteiger partial charge in [0, 0.05) is 18.4 Å². The van der Waals surface area contributed by atoms with E-state index in [1.165, 1.54) is 0 Å². The number of rotatable bonds is 9. The van der Waals surface area contributed by atoms with Crippen molar-refractivity contribution in [2.75, 3.05) is 0 Å². The van der Waals surface area contributed by atoms with Crippen molar-refractivity contribution < 1.29 is 14.7 Å². The van der Waals surface area contributed by atoms with Gasteiger partial charge in [-0.05, 0) is 37.0 Å². The van der Waals surface area contributed by atoms with E-state index >= 15 is 0 Å². The summed E-state index contributed by atoms with van der Waals surface area (Å²) >= 11 is 0. The molecule has 0 spiro atoms. The van der Waals surface area contributed by atoms with Crippen LogP contribution in [0.25, 0.3) is 0 Å². The van der Waals surface area contributed by atoms with Crippen molar-refractivity contribution in [2.45, 2.75) is 37.6 Å². The van der Waals surface area contributed by atoms with Gasteiger partial charge in [-0.2, -0.15) is 5.26 Å². The van der Waals surface area contributed by atoms with E-state index in [0.29, 0.717) is 24.8 Å². The lowest BCUT2D eigenvalue weighted by Crippen LogP contribution is -2.56. The van der Waals surface area contributed by atoms with Gasteiger partial charge in [0.25, 0.3) is 5.91 Å². The summed E-state index contributed by atoms with van der Waals surface area (Å²) in [5.41, 5.74) is -0.157. The van der Waals surface area contributed by atoms with Crippen LogP contribution in [-0.4, -0.2) is 22.5 Å². The third-order valence-electron chi connectivity index (χ3n) is 4.29. The Hall–Kier alpha value is -3.13. The first-order chi connectivity index (χ1) is 12.6. The first-order valence-corrected chi connectivity index (χ1v) is 8.59. The number of amides is 1. The number of nitriles is 1. The molecular weight excluding hydrogens is 328 g/mol. The number of unbranched alkanes of at least 4 members (excludes halogenated alkanes) is 2. The minimum atomic E-state index is -1.41. The second-order valence-electron chi connectivity index (χ2n) is 6.24.